The van der Waals surface area contributed by atoms with Crippen molar-refractivity contribution in [2.24, 2.45) is 47.3 Å². The molecule has 0 aromatic carbocycles. The van der Waals surface area contributed by atoms with E-state index in [-0.39, 0.29) is 15.8 Å². The van der Waals surface area contributed by atoms with Gasteiger partial charge in [0.05, 0.1) is 21.0 Å². The second-order valence-corrected chi connectivity index (χ2v) is 43.1. The topological polar surface area (TPSA) is 217 Å². The van der Waals surface area contributed by atoms with Crippen LogP contribution < -0.4 is 0 Å². The van der Waals surface area contributed by atoms with Gasteiger partial charge in [0, 0.05) is 0 Å². The van der Waals surface area contributed by atoms with Gasteiger partial charge in [0.15, 0.2) is 0 Å². The molecule has 0 saturated heterocycles. The maximum Gasteiger partial charge on any atom is 0.267 e. The third kappa shape index (κ3) is 21.8. The maximum absolute atomic E-state index is 11.8. The van der Waals surface area contributed by atoms with Gasteiger partial charge in [-0.2, -0.15) is 33.7 Å². The summed E-state index contributed by atoms with van der Waals surface area (Å²) < 4.78 is 133. The zero-order valence-corrected chi connectivity index (χ0v) is 56.8. The van der Waals surface area contributed by atoms with Gasteiger partial charge in [0.2, 0.25) is 0 Å². The molecule has 12 nitrogen and oxygen atoms in total. The van der Waals surface area contributed by atoms with Crippen molar-refractivity contribution >= 4 is 56.3 Å². The molecule has 0 spiro atoms. The highest BCUT2D eigenvalue weighted by Gasteiger charge is 2.43. The summed E-state index contributed by atoms with van der Waals surface area (Å²) in [5, 5.41) is -2.25. The van der Waals surface area contributed by atoms with Crippen LogP contribution in [0.2, 0.25) is 0 Å². The molecule has 8 saturated carbocycles. The Bertz CT molecular complexity index is 2030. The second kappa shape index (κ2) is 32.7. The van der Waals surface area contributed by atoms with E-state index >= 15 is 0 Å². The Morgan fingerprint density at radius 2 is 0.410 bits per heavy atom. The van der Waals surface area contributed by atoms with E-state index in [1.165, 1.54) is 186 Å². The lowest BCUT2D eigenvalue weighted by atomic mass is 9.81. The lowest BCUT2D eigenvalue weighted by Crippen LogP contribution is -2.32. The second-order valence-electron chi connectivity index (χ2n) is 29.9. The largest absolute Gasteiger partial charge is 0.285 e. The van der Waals surface area contributed by atoms with Crippen LogP contribution in [0.4, 0.5) is 0 Å². The van der Waals surface area contributed by atoms with E-state index in [0.717, 1.165) is 109 Å². The molecule has 0 aliphatic heterocycles. The summed E-state index contributed by atoms with van der Waals surface area (Å²) in [7, 11) is -16.0. The van der Waals surface area contributed by atoms with Gasteiger partial charge in [-0.3, -0.25) is 18.2 Å². The first-order valence-corrected chi connectivity index (χ1v) is 44.0. The van der Waals surface area contributed by atoms with Crippen LogP contribution in [0.3, 0.4) is 0 Å². The molecule has 484 valence electrons. The van der Waals surface area contributed by atoms with Crippen molar-refractivity contribution in [1.82, 2.24) is 0 Å². The molecular formula is C65H118O12P2S4. The molecular weight excluding hydrogens is 1160 g/mol. The predicted octanol–water partition coefficient (Wildman–Crippen LogP) is 17.8. The summed E-state index contributed by atoms with van der Waals surface area (Å²) in [5.74, 6) is 5.61. The SMILES string of the molecule is CC(CC(C)P(C1CCC(CCCC2CCC(S(=O)(=O)O)CC2)CC1)C1CCC(CCCC2CCC(S(=O)(=O)O)CC2)CC1)P(C1CCC(CCCC2CCC(S(=O)(=O)O)CC2)CC1)C1CCC(CCCC2CCC(S(=O)(=O)O)CC2)CC1. The van der Waals surface area contributed by atoms with Crippen molar-refractivity contribution in [2.45, 2.75) is 358 Å². The average molecular weight is 1280 g/mol. The van der Waals surface area contributed by atoms with E-state index in [1.807, 2.05) is 0 Å². The van der Waals surface area contributed by atoms with Crippen molar-refractivity contribution in [3.8, 4) is 0 Å². The van der Waals surface area contributed by atoms with E-state index in [4.69, 9.17) is 0 Å². The molecule has 0 aromatic heterocycles. The molecule has 8 aliphatic rings. The quantitative estimate of drug-likeness (QED) is 0.0425. The van der Waals surface area contributed by atoms with Crippen LogP contribution in [0.15, 0.2) is 0 Å². The van der Waals surface area contributed by atoms with E-state index in [1.54, 1.807) is 0 Å². The lowest BCUT2D eigenvalue weighted by molar-refractivity contribution is 0.284. The Balaban J connectivity index is 0.871. The van der Waals surface area contributed by atoms with Crippen molar-refractivity contribution < 1.29 is 51.9 Å². The van der Waals surface area contributed by atoms with Crippen LogP contribution >= 0.6 is 15.8 Å². The minimum atomic E-state index is -3.92. The fraction of sp³-hybridized carbons (Fsp3) is 1.00. The molecule has 0 aromatic rings. The number of hydrogen-bond acceptors (Lipinski definition) is 8. The van der Waals surface area contributed by atoms with Crippen molar-refractivity contribution in [2.75, 3.05) is 0 Å². The van der Waals surface area contributed by atoms with Crippen LogP contribution in [0.5, 0.6) is 0 Å². The molecule has 0 radical (unpaired) electrons. The van der Waals surface area contributed by atoms with E-state index in [9.17, 15) is 51.9 Å². The minimum Gasteiger partial charge on any atom is -0.285 e. The highest BCUT2D eigenvalue weighted by molar-refractivity contribution is 7.87. The Hall–Kier alpha value is 0.500. The Labute approximate surface area is 510 Å². The third-order valence-corrected chi connectivity index (χ3v) is 37.6. The van der Waals surface area contributed by atoms with Crippen LogP contribution in [0.1, 0.15) is 303 Å². The fourth-order valence-corrected chi connectivity index (χ4v) is 31.8. The van der Waals surface area contributed by atoms with Gasteiger partial charge in [-0.05, 0) is 293 Å². The normalized spacial score (nSPS) is 37.3. The summed E-state index contributed by atoms with van der Waals surface area (Å²) >= 11 is 0. The van der Waals surface area contributed by atoms with Crippen LogP contribution in [-0.2, 0) is 40.5 Å². The molecule has 2 unspecified atom stereocenters. The van der Waals surface area contributed by atoms with Crippen molar-refractivity contribution in [1.29, 1.82) is 0 Å². The van der Waals surface area contributed by atoms with Gasteiger partial charge in [-0.15, -0.1) is 0 Å². The zero-order chi connectivity index (χ0) is 59.4. The molecule has 0 amide bonds. The monoisotopic (exact) mass is 1280 g/mol. The van der Waals surface area contributed by atoms with E-state index < -0.39 is 61.5 Å². The molecule has 4 N–H and O–H groups in total. The van der Waals surface area contributed by atoms with Gasteiger partial charge in [-0.1, -0.05) is 107 Å². The summed E-state index contributed by atoms with van der Waals surface area (Å²) in [4.78, 5) is 0. The summed E-state index contributed by atoms with van der Waals surface area (Å²) in [6.07, 6.45) is 50.7. The van der Waals surface area contributed by atoms with Gasteiger partial charge in [0.1, 0.15) is 0 Å². The molecule has 2 atom stereocenters. The fourth-order valence-electron chi connectivity index (χ4n) is 19.4. The standard InChI is InChI=1S/C65H118O12P2S4/c1-48(78(58-31-15-50(16-32-58)7-3-11-54-23-39-62(40-24-54)80(66,67)68)59-33-17-51(18-34-59)8-4-12-55-25-41-63(42-26-55)81(69,70)71)47-49(2)79(60-35-19-52(20-36-60)9-5-13-56-27-43-64(44-28-56)82(72,73)74)61-37-21-53(22-38-61)10-6-14-57-29-45-65(46-30-57)83(75,76)77/h48-65H,3-47H2,1-2H3,(H,66,67,68)(H,69,70,71)(H,72,73,74)(H,75,76,77). The first-order chi connectivity index (χ1) is 39.5. The average Bonchev–Trinajstić information content (AvgIpc) is 3.48. The number of hydrogen-bond donors (Lipinski definition) is 4. The van der Waals surface area contributed by atoms with Gasteiger partial charge < -0.3 is 0 Å². The number of rotatable bonds is 28. The lowest BCUT2D eigenvalue weighted by Gasteiger charge is -2.48. The zero-order valence-electron chi connectivity index (χ0n) is 51.8. The summed E-state index contributed by atoms with van der Waals surface area (Å²) in [5.41, 5.74) is 5.02. The highest BCUT2D eigenvalue weighted by atomic mass is 32.2. The maximum atomic E-state index is 11.8. The Morgan fingerprint density at radius 1 is 0.265 bits per heavy atom. The van der Waals surface area contributed by atoms with Crippen molar-refractivity contribution in [3.05, 3.63) is 0 Å². The Kier molecular flexibility index (Phi) is 27.3. The van der Waals surface area contributed by atoms with Gasteiger partial charge in [0.25, 0.3) is 40.5 Å². The molecule has 0 bridgehead atoms. The first kappa shape index (κ1) is 69.4. The van der Waals surface area contributed by atoms with E-state index in [0.29, 0.717) is 75.0 Å². The molecule has 8 aliphatic carbocycles. The molecule has 8 fully saturated rings. The predicted molar refractivity (Wildman–Crippen MR) is 345 cm³/mol. The molecule has 83 heavy (non-hydrogen) atoms. The van der Waals surface area contributed by atoms with Gasteiger partial charge >= 0.3 is 0 Å². The molecule has 8 rings (SSSR count). The summed E-state index contributed by atoms with van der Waals surface area (Å²) in [6, 6.07) is 0. The summed E-state index contributed by atoms with van der Waals surface area (Å²) in [6.45, 7) is 5.47. The van der Waals surface area contributed by atoms with Crippen molar-refractivity contribution in [3.63, 3.8) is 0 Å². The third-order valence-electron chi connectivity index (χ3n) is 24.4. The van der Waals surface area contributed by atoms with Crippen LogP contribution in [0.25, 0.3) is 0 Å². The van der Waals surface area contributed by atoms with E-state index in [2.05, 4.69) is 13.8 Å². The van der Waals surface area contributed by atoms with Crippen LogP contribution in [0, 0.1) is 47.3 Å². The smallest absolute Gasteiger partial charge is 0.267 e. The highest BCUT2D eigenvalue weighted by Crippen LogP contribution is 2.65. The minimum absolute atomic E-state index is 0.133. The van der Waals surface area contributed by atoms with Gasteiger partial charge in [-0.25, -0.2) is 0 Å². The Morgan fingerprint density at radius 3 is 0.554 bits per heavy atom. The first-order valence-electron chi connectivity index (χ1n) is 34.9. The molecule has 18 heteroatoms. The molecule has 0 heterocycles. The van der Waals surface area contributed by atoms with Crippen LogP contribution in [-0.4, -0.2) is 107 Å².